The summed E-state index contributed by atoms with van der Waals surface area (Å²) in [5, 5.41) is 2.90. The molecule has 0 unspecified atom stereocenters. The van der Waals surface area contributed by atoms with E-state index in [1.165, 1.54) is 12.1 Å². The molecule has 0 aromatic heterocycles. The molecule has 0 heterocycles. The first kappa shape index (κ1) is 25.5. The third-order valence-electron chi connectivity index (χ3n) is 4.65. The van der Waals surface area contributed by atoms with E-state index in [1.807, 2.05) is 38.9 Å². The molecule has 0 aliphatic carbocycles. The number of hydrogen-bond acceptors (Lipinski definition) is 4. The molecule has 2 aromatic rings. The van der Waals surface area contributed by atoms with E-state index in [0.29, 0.717) is 12.1 Å². The lowest BCUT2D eigenvalue weighted by molar-refractivity contribution is 0.189. The highest BCUT2D eigenvalue weighted by Crippen LogP contribution is 2.26. The fraction of sp³-hybridized carbons (Fsp3) is 0.435. The minimum Gasteiger partial charge on any atom is -0.377 e. The first-order valence-corrected chi connectivity index (χ1v) is 12.3. The van der Waals surface area contributed by atoms with Crippen LogP contribution in [-0.4, -0.2) is 45.2 Å². The van der Waals surface area contributed by atoms with Crippen molar-refractivity contribution >= 4 is 27.4 Å². The Hall–Kier alpha value is -2.81. The van der Waals surface area contributed by atoms with Crippen LogP contribution in [0, 0.1) is 5.82 Å². The Kier molecular flexibility index (Phi) is 8.89. The van der Waals surface area contributed by atoms with Gasteiger partial charge in [-0.3, -0.25) is 4.72 Å². The van der Waals surface area contributed by atoms with Crippen molar-refractivity contribution < 1.29 is 17.6 Å². The maximum atomic E-state index is 13.3. The van der Waals surface area contributed by atoms with E-state index in [9.17, 15) is 17.6 Å². The molecule has 176 valence electrons. The lowest BCUT2D eigenvalue weighted by Gasteiger charge is -2.27. The van der Waals surface area contributed by atoms with Crippen molar-refractivity contribution in [2.24, 2.45) is 0 Å². The lowest BCUT2D eigenvalue weighted by Crippen LogP contribution is -2.42. The summed E-state index contributed by atoms with van der Waals surface area (Å²) < 4.78 is 40.4. The van der Waals surface area contributed by atoms with Crippen LogP contribution in [0.3, 0.4) is 0 Å². The van der Waals surface area contributed by atoms with E-state index in [-0.39, 0.29) is 36.7 Å². The summed E-state index contributed by atoms with van der Waals surface area (Å²) in [6.45, 7) is 6.08. The molecule has 7 nitrogen and oxygen atoms in total. The predicted octanol–water partition coefficient (Wildman–Crippen LogP) is 4.16. The van der Waals surface area contributed by atoms with Crippen LogP contribution < -0.4 is 14.9 Å². The number of amides is 2. The van der Waals surface area contributed by atoms with Crippen LogP contribution in [0.5, 0.6) is 0 Å². The molecule has 2 amide bonds. The van der Waals surface area contributed by atoms with Crippen LogP contribution in [0.15, 0.2) is 42.5 Å². The molecule has 0 fully saturated rings. The summed E-state index contributed by atoms with van der Waals surface area (Å²) in [7, 11) is 0.334. The summed E-state index contributed by atoms with van der Waals surface area (Å²) in [4.78, 5) is 16.5. The van der Waals surface area contributed by atoms with Gasteiger partial charge in [0, 0.05) is 44.6 Å². The molecular formula is C23H33FN4O3S. The second kappa shape index (κ2) is 11.2. The second-order valence-corrected chi connectivity index (χ2v) is 10.1. The third-order valence-corrected chi connectivity index (χ3v) is 6.15. The number of nitrogens with zero attached hydrogens (tertiary/aromatic N) is 2. The van der Waals surface area contributed by atoms with Gasteiger partial charge < -0.3 is 15.1 Å². The molecule has 32 heavy (non-hydrogen) atoms. The third kappa shape index (κ3) is 7.71. The highest BCUT2D eigenvalue weighted by molar-refractivity contribution is 7.92. The van der Waals surface area contributed by atoms with Crippen molar-refractivity contribution in [2.45, 2.75) is 46.3 Å². The maximum Gasteiger partial charge on any atom is 0.318 e. The Labute approximate surface area is 190 Å². The molecule has 0 radical (unpaired) electrons. The summed E-state index contributed by atoms with van der Waals surface area (Å²) >= 11 is 0. The highest BCUT2D eigenvalue weighted by Gasteiger charge is 2.19. The molecule has 0 saturated carbocycles. The van der Waals surface area contributed by atoms with Crippen molar-refractivity contribution in [2.75, 3.05) is 29.5 Å². The van der Waals surface area contributed by atoms with Crippen molar-refractivity contribution in [3.63, 3.8) is 0 Å². The van der Waals surface area contributed by atoms with Crippen molar-refractivity contribution in [1.29, 1.82) is 0 Å². The maximum absolute atomic E-state index is 13.3. The molecule has 9 heteroatoms. The number of nitrogens with one attached hydrogen (secondary N) is 2. The summed E-state index contributed by atoms with van der Waals surface area (Å²) in [5.74, 6) is -0.306. The lowest BCUT2D eigenvalue weighted by atomic mass is 10.1. The highest BCUT2D eigenvalue weighted by atomic mass is 32.2. The number of hydrogen-bond donors (Lipinski definition) is 2. The SMILES string of the molecule is CCCS(=O)(=O)Nc1ccc(N(C)C)c(CN(Cc2ccc(F)cc2)C(=O)NC(C)C)c1. The van der Waals surface area contributed by atoms with E-state index in [2.05, 4.69) is 10.0 Å². The molecule has 0 spiro atoms. The van der Waals surface area contributed by atoms with Gasteiger partial charge in [0.1, 0.15) is 5.82 Å². The van der Waals surface area contributed by atoms with Crippen LogP contribution in [0.1, 0.15) is 38.3 Å². The van der Waals surface area contributed by atoms with Gasteiger partial charge in [0.2, 0.25) is 10.0 Å². The Morgan fingerprint density at radius 2 is 1.72 bits per heavy atom. The van der Waals surface area contributed by atoms with E-state index in [1.54, 1.807) is 36.1 Å². The summed E-state index contributed by atoms with van der Waals surface area (Å²) in [5.41, 5.74) is 2.89. The van der Waals surface area contributed by atoms with Gasteiger partial charge in [-0.15, -0.1) is 0 Å². The number of anilines is 2. The Balaban J connectivity index is 2.38. The smallest absolute Gasteiger partial charge is 0.318 e. The largest absolute Gasteiger partial charge is 0.377 e. The van der Waals surface area contributed by atoms with Gasteiger partial charge in [0.15, 0.2) is 0 Å². The molecule has 0 atom stereocenters. The Morgan fingerprint density at radius 1 is 1.06 bits per heavy atom. The molecule has 0 aliphatic heterocycles. The second-order valence-electron chi connectivity index (χ2n) is 8.25. The first-order valence-electron chi connectivity index (χ1n) is 10.6. The quantitative estimate of drug-likeness (QED) is 0.553. The average Bonchev–Trinajstić information content (AvgIpc) is 2.68. The minimum atomic E-state index is -3.44. The average molecular weight is 465 g/mol. The summed E-state index contributed by atoms with van der Waals surface area (Å²) in [6.07, 6.45) is 0.513. The Bertz CT molecular complexity index is 1010. The van der Waals surface area contributed by atoms with Crippen molar-refractivity contribution in [3.05, 3.63) is 59.4 Å². The van der Waals surface area contributed by atoms with E-state index in [4.69, 9.17) is 0 Å². The molecule has 2 N–H and O–H groups in total. The number of urea groups is 1. The van der Waals surface area contributed by atoms with Crippen LogP contribution in [-0.2, 0) is 23.1 Å². The standard InChI is InChI=1S/C23H33FN4O3S/c1-6-13-32(30,31)26-21-11-12-22(27(4)5)19(14-21)16-28(23(29)25-17(2)3)15-18-7-9-20(24)10-8-18/h7-12,14,17,26H,6,13,15-16H2,1-5H3,(H,25,29). The minimum absolute atomic E-state index is 0.0330. The summed E-state index contributed by atoms with van der Waals surface area (Å²) in [6, 6.07) is 11.0. The van der Waals surface area contributed by atoms with Gasteiger partial charge in [-0.2, -0.15) is 0 Å². The number of sulfonamides is 1. The van der Waals surface area contributed by atoms with Gasteiger partial charge in [-0.25, -0.2) is 17.6 Å². The van der Waals surface area contributed by atoms with Crippen LogP contribution in [0.25, 0.3) is 0 Å². The molecule has 0 saturated heterocycles. The van der Waals surface area contributed by atoms with E-state index >= 15 is 0 Å². The molecule has 2 aromatic carbocycles. The predicted molar refractivity (Wildman–Crippen MR) is 128 cm³/mol. The topological polar surface area (TPSA) is 81.8 Å². The molecule has 0 aliphatic rings. The number of halogens is 1. The van der Waals surface area contributed by atoms with Gasteiger partial charge in [-0.05, 0) is 61.7 Å². The zero-order valence-corrected chi connectivity index (χ0v) is 20.2. The van der Waals surface area contributed by atoms with Gasteiger partial charge in [0.25, 0.3) is 0 Å². The van der Waals surface area contributed by atoms with Crippen LogP contribution >= 0.6 is 0 Å². The number of rotatable bonds is 10. The zero-order chi connectivity index (χ0) is 23.9. The van der Waals surface area contributed by atoms with Gasteiger partial charge in [0.05, 0.1) is 5.75 Å². The normalized spacial score (nSPS) is 11.3. The first-order chi connectivity index (χ1) is 15.0. The monoisotopic (exact) mass is 464 g/mol. The molecule has 2 rings (SSSR count). The fourth-order valence-corrected chi connectivity index (χ4v) is 4.39. The molecule has 0 bridgehead atoms. The van der Waals surface area contributed by atoms with Gasteiger partial charge in [-0.1, -0.05) is 19.1 Å². The van der Waals surface area contributed by atoms with E-state index < -0.39 is 10.0 Å². The van der Waals surface area contributed by atoms with Crippen LogP contribution in [0.4, 0.5) is 20.6 Å². The number of benzene rings is 2. The van der Waals surface area contributed by atoms with Gasteiger partial charge >= 0.3 is 6.03 Å². The van der Waals surface area contributed by atoms with Crippen molar-refractivity contribution in [1.82, 2.24) is 10.2 Å². The Morgan fingerprint density at radius 3 is 2.28 bits per heavy atom. The molecular weight excluding hydrogens is 431 g/mol. The van der Waals surface area contributed by atoms with Crippen LogP contribution in [0.2, 0.25) is 0 Å². The van der Waals surface area contributed by atoms with E-state index in [0.717, 1.165) is 16.8 Å². The number of carbonyl (C=O) groups is 1. The zero-order valence-electron chi connectivity index (χ0n) is 19.4. The van der Waals surface area contributed by atoms with Crippen molar-refractivity contribution in [3.8, 4) is 0 Å². The fourth-order valence-electron chi connectivity index (χ4n) is 3.26. The number of carbonyl (C=O) groups excluding carboxylic acids is 1.